The number of benzene rings is 1. The summed E-state index contributed by atoms with van der Waals surface area (Å²) >= 11 is 1.66. The Labute approximate surface area is 142 Å². The van der Waals surface area contributed by atoms with Crippen LogP contribution in [0.5, 0.6) is 0 Å². The minimum Gasteiger partial charge on any atom is -0.379 e. The predicted octanol–water partition coefficient (Wildman–Crippen LogP) is 3.98. The summed E-state index contributed by atoms with van der Waals surface area (Å²) in [4.78, 5) is 17.4. The largest absolute Gasteiger partial charge is 0.379 e. The third-order valence-corrected chi connectivity index (χ3v) is 6.10. The summed E-state index contributed by atoms with van der Waals surface area (Å²) < 4.78 is 6.13. The second-order valence-electron chi connectivity index (χ2n) is 6.36. The van der Waals surface area contributed by atoms with Gasteiger partial charge < -0.3 is 4.74 Å². The molecule has 1 fully saturated rings. The van der Waals surface area contributed by atoms with E-state index >= 15 is 0 Å². The van der Waals surface area contributed by atoms with E-state index in [0.717, 1.165) is 11.7 Å². The molecule has 5 heteroatoms. The summed E-state index contributed by atoms with van der Waals surface area (Å²) in [5.41, 5.74) is 1.29. The second-order valence-corrected chi connectivity index (χ2v) is 7.37. The lowest BCUT2D eigenvalue weighted by atomic mass is 9.92. The Morgan fingerprint density at radius 1 is 1.30 bits per heavy atom. The SMILES string of the molecule is COCC[N+]1(C2CCCCC2)/C(=N/C(C)=O)Sc2ccccc21. The van der Waals surface area contributed by atoms with E-state index in [0.29, 0.717) is 17.1 Å². The van der Waals surface area contributed by atoms with E-state index in [9.17, 15) is 4.79 Å². The summed E-state index contributed by atoms with van der Waals surface area (Å²) in [6, 6.07) is 9.00. The second kappa shape index (κ2) is 7.16. The van der Waals surface area contributed by atoms with Crippen LogP contribution in [0.15, 0.2) is 34.2 Å². The number of hydrogen-bond donors (Lipinski definition) is 0. The molecule has 3 rings (SSSR count). The molecule has 0 aromatic heterocycles. The molecule has 23 heavy (non-hydrogen) atoms. The Morgan fingerprint density at radius 3 is 2.74 bits per heavy atom. The van der Waals surface area contributed by atoms with Crippen molar-refractivity contribution in [2.75, 3.05) is 20.3 Å². The molecule has 0 saturated heterocycles. The topological polar surface area (TPSA) is 38.7 Å². The Balaban J connectivity index is 2.12. The van der Waals surface area contributed by atoms with Gasteiger partial charge in [-0.1, -0.05) is 18.6 Å². The fourth-order valence-electron chi connectivity index (χ4n) is 3.91. The van der Waals surface area contributed by atoms with Crippen LogP contribution in [0, 0.1) is 0 Å². The maximum atomic E-state index is 11.8. The number of para-hydroxylation sites is 1. The maximum absolute atomic E-state index is 11.8. The zero-order chi connectivity index (χ0) is 16.3. The lowest BCUT2D eigenvalue weighted by molar-refractivity contribution is -0.115. The van der Waals surface area contributed by atoms with E-state index < -0.39 is 0 Å². The number of carbonyl (C=O) groups excluding carboxylic acids is 1. The van der Waals surface area contributed by atoms with Crippen LogP contribution in [0.2, 0.25) is 0 Å². The zero-order valence-corrected chi connectivity index (χ0v) is 14.8. The van der Waals surface area contributed by atoms with Crippen LogP contribution in [0.1, 0.15) is 39.0 Å². The molecule has 0 radical (unpaired) electrons. The molecule has 1 aromatic rings. The fraction of sp³-hybridized carbons (Fsp3) is 0.556. The molecule has 0 bridgehead atoms. The number of thioether (sulfide) groups is 1. The number of fused-ring (bicyclic) bond motifs is 1. The summed E-state index contributed by atoms with van der Waals surface area (Å²) in [5.74, 6) is -0.115. The smallest absolute Gasteiger partial charge is 0.277 e. The van der Waals surface area contributed by atoms with E-state index in [2.05, 4.69) is 29.3 Å². The molecule has 4 nitrogen and oxygen atoms in total. The van der Waals surface area contributed by atoms with Crippen LogP contribution in [-0.4, -0.2) is 37.4 Å². The lowest BCUT2D eigenvalue weighted by Gasteiger charge is -2.42. The molecular formula is C18H25N2O2S+. The zero-order valence-electron chi connectivity index (χ0n) is 14.0. The van der Waals surface area contributed by atoms with Crippen molar-refractivity contribution in [3.05, 3.63) is 24.3 Å². The van der Waals surface area contributed by atoms with Crippen molar-refractivity contribution in [1.29, 1.82) is 0 Å². The summed E-state index contributed by atoms with van der Waals surface area (Å²) in [6.07, 6.45) is 6.22. The van der Waals surface area contributed by atoms with Gasteiger partial charge in [-0.05, 0) is 30.7 Å². The van der Waals surface area contributed by atoms with Crippen LogP contribution >= 0.6 is 11.8 Å². The minimum absolute atomic E-state index is 0.115. The molecule has 1 saturated carbocycles. The van der Waals surface area contributed by atoms with Crippen LogP contribution in [-0.2, 0) is 9.53 Å². The molecule has 0 spiro atoms. The van der Waals surface area contributed by atoms with E-state index in [1.807, 2.05) is 0 Å². The predicted molar refractivity (Wildman–Crippen MR) is 95.8 cm³/mol. The number of quaternary nitrogens is 1. The average Bonchev–Trinajstić information content (AvgIpc) is 2.87. The van der Waals surface area contributed by atoms with Gasteiger partial charge in [0, 0.05) is 32.9 Å². The third kappa shape index (κ3) is 3.10. The van der Waals surface area contributed by atoms with Gasteiger partial charge in [0.15, 0.2) is 5.69 Å². The lowest BCUT2D eigenvalue weighted by Crippen LogP contribution is -2.60. The summed E-state index contributed by atoms with van der Waals surface area (Å²) in [7, 11) is 1.74. The van der Waals surface area contributed by atoms with Crippen molar-refractivity contribution in [2.24, 2.45) is 4.99 Å². The van der Waals surface area contributed by atoms with Gasteiger partial charge in [0.2, 0.25) is 5.91 Å². The van der Waals surface area contributed by atoms with Crippen LogP contribution in [0.25, 0.3) is 0 Å². The number of methoxy groups -OCH3 is 1. The maximum Gasteiger partial charge on any atom is 0.277 e. The van der Waals surface area contributed by atoms with Crippen LogP contribution in [0.4, 0.5) is 5.69 Å². The highest BCUT2D eigenvalue weighted by Crippen LogP contribution is 2.49. The fourth-order valence-corrected chi connectivity index (χ4v) is 5.27. The van der Waals surface area contributed by atoms with Gasteiger partial charge in [0.1, 0.15) is 12.6 Å². The van der Waals surface area contributed by atoms with Gasteiger partial charge >= 0.3 is 0 Å². The van der Waals surface area contributed by atoms with Crippen molar-refractivity contribution in [3.8, 4) is 0 Å². The van der Waals surface area contributed by atoms with Gasteiger partial charge in [0.05, 0.1) is 11.5 Å². The van der Waals surface area contributed by atoms with Gasteiger partial charge in [0.25, 0.3) is 5.17 Å². The molecule has 1 amide bonds. The molecular weight excluding hydrogens is 308 g/mol. The Bertz CT molecular complexity index is 611. The van der Waals surface area contributed by atoms with Crippen molar-refractivity contribution >= 4 is 28.5 Å². The van der Waals surface area contributed by atoms with Gasteiger partial charge in [-0.3, -0.25) is 4.79 Å². The van der Waals surface area contributed by atoms with E-state index in [1.165, 1.54) is 42.7 Å². The van der Waals surface area contributed by atoms with Crippen LogP contribution < -0.4 is 4.48 Å². The number of nitrogens with zero attached hydrogens (tertiary/aromatic N) is 2. The van der Waals surface area contributed by atoms with E-state index in [4.69, 9.17) is 4.74 Å². The van der Waals surface area contributed by atoms with Gasteiger partial charge in [-0.25, -0.2) is 4.48 Å². The number of rotatable bonds is 4. The van der Waals surface area contributed by atoms with Gasteiger partial charge in [-0.15, -0.1) is 0 Å². The van der Waals surface area contributed by atoms with Crippen molar-refractivity contribution in [1.82, 2.24) is 4.48 Å². The molecule has 1 aliphatic heterocycles. The quantitative estimate of drug-likeness (QED) is 0.782. The highest BCUT2D eigenvalue weighted by Gasteiger charge is 2.51. The first kappa shape index (κ1) is 16.7. The Morgan fingerprint density at radius 2 is 2.04 bits per heavy atom. The molecule has 1 unspecified atom stereocenters. The molecule has 1 aliphatic carbocycles. The number of amidine groups is 1. The first-order valence-corrected chi connectivity index (χ1v) is 9.24. The first-order chi connectivity index (χ1) is 11.2. The number of ether oxygens (including phenoxy) is 1. The molecule has 0 N–H and O–H groups in total. The average molecular weight is 333 g/mol. The highest BCUT2D eigenvalue weighted by atomic mass is 32.2. The van der Waals surface area contributed by atoms with E-state index in [-0.39, 0.29) is 5.91 Å². The Hall–Kier alpha value is -1.17. The normalized spacial score (nSPS) is 26.4. The molecule has 2 aliphatic rings. The summed E-state index contributed by atoms with van der Waals surface area (Å²) in [5, 5.41) is 0.933. The van der Waals surface area contributed by atoms with Crippen molar-refractivity contribution < 1.29 is 9.53 Å². The van der Waals surface area contributed by atoms with Crippen molar-refractivity contribution in [3.63, 3.8) is 0 Å². The third-order valence-electron chi connectivity index (χ3n) is 4.94. The minimum atomic E-state index is -0.115. The number of aliphatic imine (C=N–C) groups is 1. The summed E-state index contributed by atoms with van der Waals surface area (Å²) in [6.45, 7) is 3.06. The van der Waals surface area contributed by atoms with Crippen LogP contribution in [0.3, 0.4) is 0 Å². The standard InChI is InChI=1S/C18H25N2O2S/c1-14(21)19-18-20(12-13-22-2,15-8-4-3-5-9-15)16-10-6-7-11-17(16)23-18/h6-7,10-11,15H,3-5,8-9,12-13H2,1-2H3/q+1/b19-18-. The highest BCUT2D eigenvalue weighted by molar-refractivity contribution is 8.14. The molecule has 1 aromatic carbocycles. The Kier molecular flexibility index (Phi) is 5.19. The number of carbonyl (C=O) groups is 1. The first-order valence-electron chi connectivity index (χ1n) is 8.42. The number of amides is 1. The van der Waals surface area contributed by atoms with Gasteiger partial charge in [-0.2, -0.15) is 4.99 Å². The molecule has 124 valence electrons. The van der Waals surface area contributed by atoms with Crippen molar-refractivity contribution in [2.45, 2.75) is 50.0 Å². The monoisotopic (exact) mass is 333 g/mol. The van der Waals surface area contributed by atoms with E-state index in [1.54, 1.807) is 25.8 Å². The molecule has 1 atom stereocenters. The number of hydrogen-bond acceptors (Lipinski definition) is 3. The molecule has 1 heterocycles.